The second kappa shape index (κ2) is 10.9. The van der Waals surface area contributed by atoms with Gasteiger partial charge < -0.3 is 24.1 Å². The van der Waals surface area contributed by atoms with Gasteiger partial charge in [0.15, 0.2) is 6.61 Å². The Morgan fingerprint density at radius 2 is 1.77 bits per heavy atom. The number of carbonyl (C=O) groups excluding carboxylic acids is 2. The van der Waals surface area contributed by atoms with Crippen LogP contribution in [0.25, 0.3) is 6.08 Å². The van der Waals surface area contributed by atoms with Crippen molar-refractivity contribution in [1.29, 1.82) is 5.26 Å². The maximum Gasteiger partial charge on any atom is 0.349 e. The summed E-state index contributed by atoms with van der Waals surface area (Å²) in [7, 11) is 3.00. The van der Waals surface area contributed by atoms with E-state index in [9.17, 15) is 14.9 Å². The van der Waals surface area contributed by atoms with Crippen LogP contribution in [0.1, 0.15) is 30.3 Å². The third-order valence-electron chi connectivity index (χ3n) is 4.67. The highest BCUT2D eigenvalue weighted by Crippen LogP contribution is 2.25. The molecule has 1 aromatic carbocycles. The highest BCUT2D eigenvalue weighted by molar-refractivity contribution is 6.00. The molecule has 0 saturated carbocycles. The highest BCUT2D eigenvalue weighted by Gasteiger charge is 2.16. The third-order valence-corrected chi connectivity index (χ3v) is 4.67. The lowest BCUT2D eigenvalue weighted by Gasteiger charge is -2.10. The van der Waals surface area contributed by atoms with E-state index in [-0.39, 0.29) is 5.57 Å². The molecule has 0 saturated heterocycles. The van der Waals surface area contributed by atoms with Crippen LogP contribution in [0.2, 0.25) is 0 Å². The first-order chi connectivity index (χ1) is 14.8. The van der Waals surface area contributed by atoms with E-state index < -0.39 is 18.5 Å². The molecule has 1 aromatic heterocycles. The van der Waals surface area contributed by atoms with E-state index in [2.05, 4.69) is 16.8 Å². The van der Waals surface area contributed by atoms with Crippen LogP contribution in [0.15, 0.2) is 29.8 Å². The number of benzene rings is 1. The molecule has 2 aromatic rings. The minimum atomic E-state index is -0.860. The van der Waals surface area contributed by atoms with Gasteiger partial charge in [-0.3, -0.25) is 4.79 Å². The second-order valence-corrected chi connectivity index (χ2v) is 6.87. The summed E-state index contributed by atoms with van der Waals surface area (Å²) in [5.74, 6) is -0.410. The fraction of sp³-hybridized carbons (Fsp3) is 0.348. The number of amides is 1. The van der Waals surface area contributed by atoms with Crippen LogP contribution >= 0.6 is 0 Å². The standard InChI is InChI=1S/C23H27N3O5/c1-6-7-26-15(2)8-17(16(26)3)9-18(13-24)23(28)31-14-22(27)25-19-10-20(29-4)12-21(11-19)30-5/h8-12H,6-7,14H2,1-5H3,(H,25,27). The number of esters is 1. The molecule has 0 fully saturated rings. The molecule has 0 atom stereocenters. The fourth-order valence-electron chi connectivity index (χ4n) is 3.12. The second-order valence-electron chi connectivity index (χ2n) is 6.87. The Morgan fingerprint density at radius 1 is 1.13 bits per heavy atom. The van der Waals surface area contributed by atoms with Gasteiger partial charge in [-0.1, -0.05) is 6.92 Å². The molecule has 0 bridgehead atoms. The maximum absolute atomic E-state index is 12.3. The van der Waals surface area contributed by atoms with Crippen molar-refractivity contribution in [2.75, 3.05) is 26.1 Å². The van der Waals surface area contributed by atoms with Gasteiger partial charge in [0, 0.05) is 41.8 Å². The number of anilines is 1. The molecule has 0 spiro atoms. The summed E-state index contributed by atoms with van der Waals surface area (Å²) in [6.45, 7) is 6.31. The number of nitrogens with zero attached hydrogens (tertiary/aromatic N) is 2. The Hall–Kier alpha value is -3.73. The van der Waals surface area contributed by atoms with Crippen LogP contribution in [-0.4, -0.2) is 37.3 Å². The smallest absolute Gasteiger partial charge is 0.349 e. The lowest BCUT2D eigenvalue weighted by atomic mass is 10.1. The Kier molecular flexibility index (Phi) is 8.26. The number of ether oxygens (including phenoxy) is 3. The van der Waals surface area contributed by atoms with Crippen LogP contribution in [-0.2, 0) is 20.9 Å². The van der Waals surface area contributed by atoms with Crippen LogP contribution in [0.4, 0.5) is 5.69 Å². The van der Waals surface area contributed by atoms with E-state index in [1.807, 2.05) is 26.0 Å². The molecule has 8 nitrogen and oxygen atoms in total. The van der Waals surface area contributed by atoms with Crippen molar-refractivity contribution in [3.8, 4) is 17.6 Å². The first-order valence-electron chi connectivity index (χ1n) is 9.81. The lowest BCUT2D eigenvalue weighted by molar-refractivity contribution is -0.142. The van der Waals surface area contributed by atoms with E-state index in [0.29, 0.717) is 17.2 Å². The molecule has 0 aliphatic heterocycles. The summed E-state index contributed by atoms with van der Waals surface area (Å²) < 4.78 is 17.5. The Balaban J connectivity index is 2.05. The summed E-state index contributed by atoms with van der Waals surface area (Å²) in [5, 5.41) is 12.0. The molecule has 0 aliphatic rings. The number of methoxy groups -OCH3 is 2. The first kappa shape index (κ1) is 23.5. The van der Waals surface area contributed by atoms with Crippen molar-refractivity contribution < 1.29 is 23.8 Å². The SMILES string of the molecule is CCCn1c(C)cc(C=C(C#N)C(=O)OCC(=O)Nc2cc(OC)cc(OC)c2)c1C. The molecule has 2 rings (SSSR count). The van der Waals surface area contributed by atoms with E-state index in [1.165, 1.54) is 20.3 Å². The number of rotatable bonds is 9. The Bertz CT molecular complexity index is 1010. The van der Waals surface area contributed by atoms with Gasteiger partial charge in [-0.2, -0.15) is 5.26 Å². The van der Waals surface area contributed by atoms with Gasteiger partial charge >= 0.3 is 5.97 Å². The highest BCUT2D eigenvalue weighted by atomic mass is 16.5. The summed E-state index contributed by atoms with van der Waals surface area (Å²) in [6, 6.07) is 8.65. The molecule has 0 radical (unpaired) electrons. The monoisotopic (exact) mass is 425 g/mol. The summed E-state index contributed by atoms with van der Waals surface area (Å²) in [6.07, 6.45) is 2.46. The first-order valence-corrected chi connectivity index (χ1v) is 9.81. The van der Waals surface area contributed by atoms with Gasteiger partial charge in [-0.25, -0.2) is 4.79 Å². The molecule has 1 amide bonds. The minimum Gasteiger partial charge on any atom is -0.497 e. The predicted octanol–water partition coefficient (Wildman–Crippen LogP) is 3.62. The van der Waals surface area contributed by atoms with Crippen molar-refractivity contribution in [2.24, 2.45) is 0 Å². The van der Waals surface area contributed by atoms with Gasteiger partial charge in [-0.05, 0) is 38.0 Å². The van der Waals surface area contributed by atoms with E-state index in [4.69, 9.17) is 14.2 Å². The van der Waals surface area contributed by atoms with Crippen LogP contribution in [0.5, 0.6) is 11.5 Å². The number of aromatic nitrogens is 1. The van der Waals surface area contributed by atoms with E-state index in [1.54, 1.807) is 18.2 Å². The van der Waals surface area contributed by atoms with E-state index in [0.717, 1.165) is 29.9 Å². The quantitative estimate of drug-likeness (QED) is 0.374. The zero-order valence-electron chi connectivity index (χ0n) is 18.4. The Morgan fingerprint density at radius 3 is 2.32 bits per heavy atom. The van der Waals surface area contributed by atoms with Gasteiger partial charge in [0.2, 0.25) is 0 Å². The molecule has 0 aliphatic carbocycles. The fourth-order valence-corrected chi connectivity index (χ4v) is 3.12. The molecule has 1 N–H and O–H groups in total. The molecule has 31 heavy (non-hydrogen) atoms. The van der Waals surface area contributed by atoms with Gasteiger partial charge in [0.25, 0.3) is 5.91 Å². The lowest BCUT2D eigenvalue weighted by Crippen LogP contribution is -2.21. The third kappa shape index (κ3) is 6.12. The largest absolute Gasteiger partial charge is 0.497 e. The number of aryl methyl sites for hydroxylation is 1. The molecular formula is C23H27N3O5. The molecule has 164 valence electrons. The van der Waals surface area contributed by atoms with Crippen molar-refractivity contribution >= 4 is 23.6 Å². The average molecular weight is 425 g/mol. The number of hydrogen-bond donors (Lipinski definition) is 1. The maximum atomic E-state index is 12.3. The average Bonchev–Trinajstić information content (AvgIpc) is 3.03. The van der Waals surface area contributed by atoms with Crippen LogP contribution in [0.3, 0.4) is 0 Å². The predicted molar refractivity (Wildman–Crippen MR) is 117 cm³/mol. The minimum absolute atomic E-state index is 0.174. The molecular weight excluding hydrogens is 398 g/mol. The molecule has 8 heteroatoms. The Labute approximate surface area is 182 Å². The number of nitriles is 1. The van der Waals surface area contributed by atoms with Gasteiger partial charge in [-0.15, -0.1) is 0 Å². The van der Waals surface area contributed by atoms with Crippen molar-refractivity contribution in [1.82, 2.24) is 4.57 Å². The van der Waals surface area contributed by atoms with Gasteiger partial charge in [0.05, 0.1) is 14.2 Å². The van der Waals surface area contributed by atoms with Crippen molar-refractivity contribution in [2.45, 2.75) is 33.7 Å². The normalized spacial score (nSPS) is 10.9. The zero-order chi connectivity index (χ0) is 23.0. The molecule has 1 heterocycles. The zero-order valence-corrected chi connectivity index (χ0v) is 18.4. The number of hydrogen-bond acceptors (Lipinski definition) is 6. The molecule has 0 unspecified atom stereocenters. The van der Waals surface area contributed by atoms with Gasteiger partial charge in [0.1, 0.15) is 23.1 Å². The van der Waals surface area contributed by atoms with Crippen molar-refractivity contribution in [3.63, 3.8) is 0 Å². The van der Waals surface area contributed by atoms with E-state index >= 15 is 0 Å². The summed E-state index contributed by atoms with van der Waals surface area (Å²) in [4.78, 5) is 24.5. The summed E-state index contributed by atoms with van der Waals surface area (Å²) >= 11 is 0. The topological polar surface area (TPSA) is 103 Å². The number of nitrogens with one attached hydrogen (secondary N) is 1. The summed E-state index contributed by atoms with van der Waals surface area (Å²) in [5.41, 5.74) is 3.03. The van der Waals surface area contributed by atoms with Crippen molar-refractivity contribution in [3.05, 3.63) is 46.8 Å². The number of carbonyl (C=O) groups is 2. The van der Waals surface area contributed by atoms with Crippen LogP contribution < -0.4 is 14.8 Å². The van der Waals surface area contributed by atoms with Crippen LogP contribution in [0, 0.1) is 25.2 Å².